The molecular formula is C17H17Cl2NO. The second-order valence-electron chi connectivity index (χ2n) is 5.50. The molecule has 3 rings (SSSR count). The van der Waals surface area contributed by atoms with Gasteiger partial charge >= 0.3 is 0 Å². The number of hydrogen-bond donors (Lipinski definition) is 2. The number of hydrogen-bond acceptors (Lipinski definition) is 2. The van der Waals surface area contributed by atoms with Crippen LogP contribution in [0.3, 0.4) is 0 Å². The van der Waals surface area contributed by atoms with Gasteiger partial charge in [0.25, 0.3) is 0 Å². The zero-order valence-corrected chi connectivity index (χ0v) is 13.2. The predicted molar refractivity (Wildman–Crippen MR) is 87.2 cm³/mol. The Morgan fingerprint density at radius 3 is 2.76 bits per heavy atom. The fraction of sp³-hybridized carbons (Fsp3) is 0.294. The Balaban J connectivity index is 1.79. The number of fused-ring (bicyclic) bond motifs is 1. The highest BCUT2D eigenvalue weighted by Gasteiger charge is 2.25. The third-order valence-electron chi connectivity index (χ3n) is 4.14. The lowest BCUT2D eigenvalue weighted by Gasteiger charge is -2.21. The van der Waals surface area contributed by atoms with Crippen molar-refractivity contribution in [3.63, 3.8) is 0 Å². The van der Waals surface area contributed by atoms with E-state index in [1.54, 1.807) is 6.07 Å². The lowest BCUT2D eigenvalue weighted by atomic mass is 10.0. The maximum absolute atomic E-state index is 9.91. The minimum atomic E-state index is 0.165. The fourth-order valence-electron chi connectivity index (χ4n) is 2.99. The maximum atomic E-state index is 9.91. The molecule has 21 heavy (non-hydrogen) atoms. The first-order valence-corrected chi connectivity index (χ1v) is 7.83. The van der Waals surface area contributed by atoms with Gasteiger partial charge in [-0.05, 0) is 54.7 Å². The van der Waals surface area contributed by atoms with E-state index in [0.29, 0.717) is 15.8 Å². The van der Waals surface area contributed by atoms with Gasteiger partial charge in [0.15, 0.2) is 0 Å². The fourth-order valence-corrected chi connectivity index (χ4v) is 3.29. The van der Waals surface area contributed by atoms with E-state index in [4.69, 9.17) is 23.2 Å². The van der Waals surface area contributed by atoms with Crippen molar-refractivity contribution in [2.75, 3.05) is 0 Å². The van der Waals surface area contributed by atoms with Gasteiger partial charge in [0.05, 0.1) is 10.0 Å². The first-order valence-electron chi connectivity index (χ1n) is 7.08. The molecule has 0 radical (unpaired) electrons. The van der Waals surface area contributed by atoms with Crippen LogP contribution < -0.4 is 5.32 Å². The van der Waals surface area contributed by atoms with Crippen molar-refractivity contribution in [1.82, 2.24) is 5.32 Å². The Kier molecular flexibility index (Phi) is 4.12. The van der Waals surface area contributed by atoms with Crippen LogP contribution in [-0.2, 0) is 6.42 Å². The second kappa shape index (κ2) is 5.88. The Bertz CT molecular complexity index is 672. The summed E-state index contributed by atoms with van der Waals surface area (Å²) in [6, 6.07) is 11.9. The smallest absolute Gasteiger partial charge is 0.119 e. The SMILES string of the molecule is CC(NC1CCc2c(O)cccc21)c1ccc(Cl)c(Cl)c1. The normalized spacial score (nSPS) is 18.5. The predicted octanol–water partition coefficient (Wildman–Crippen LogP) is 5.04. The summed E-state index contributed by atoms with van der Waals surface area (Å²) in [6.45, 7) is 2.11. The molecule has 2 aromatic carbocycles. The standard InChI is InChI=1S/C17H17Cl2NO/c1-10(11-5-7-14(18)15(19)9-11)20-16-8-6-13-12(16)3-2-4-17(13)21/h2-5,7,9-10,16,20-21H,6,8H2,1H3. The highest BCUT2D eigenvalue weighted by Crippen LogP contribution is 2.37. The van der Waals surface area contributed by atoms with Crippen LogP contribution in [0.25, 0.3) is 0 Å². The molecule has 0 saturated carbocycles. The van der Waals surface area contributed by atoms with Crippen LogP contribution in [0.5, 0.6) is 5.75 Å². The molecule has 110 valence electrons. The van der Waals surface area contributed by atoms with Gasteiger partial charge < -0.3 is 10.4 Å². The zero-order valence-electron chi connectivity index (χ0n) is 11.7. The molecule has 0 amide bonds. The van der Waals surface area contributed by atoms with Crippen LogP contribution >= 0.6 is 23.2 Å². The molecule has 0 heterocycles. The van der Waals surface area contributed by atoms with Crippen LogP contribution in [0.15, 0.2) is 36.4 Å². The van der Waals surface area contributed by atoms with Gasteiger partial charge in [-0.25, -0.2) is 0 Å². The number of halogens is 2. The van der Waals surface area contributed by atoms with Gasteiger partial charge in [0, 0.05) is 12.1 Å². The van der Waals surface area contributed by atoms with Gasteiger partial charge in [-0.15, -0.1) is 0 Å². The van der Waals surface area contributed by atoms with E-state index < -0.39 is 0 Å². The Hall–Kier alpha value is -1.22. The summed E-state index contributed by atoms with van der Waals surface area (Å²) in [7, 11) is 0. The van der Waals surface area contributed by atoms with Crippen LogP contribution in [0.1, 0.15) is 42.1 Å². The quantitative estimate of drug-likeness (QED) is 0.830. The molecule has 2 unspecified atom stereocenters. The van der Waals surface area contributed by atoms with Crippen molar-refractivity contribution in [1.29, 1.82) is 0 Å². The summed E-state index contributed by atoms with van der Waals surface area (Å²) < 4.78 is 0. The molecule has 2 aromatic rings. The van der Waals surface area contributed by atoms with E-state index >= 15 is 0 Å². The Labute approximate surface area is 134 Å². The number of benzene rings is 2. The molecule has 1 aliphatic rings. The van der Waals surface area contributed by atoms with Crippen LogP contribution in [0.4, 0.5) is 0 Å². The highest BCUT2D eigenvalue weighted by atomic mass is 35.5. The van der Waals surface area contributed by atoms with Crippen molar-refractivity contribution in [3.05, 3.63) is 63.1 Å². The molecular weight excluding hydrogens is 305 g/mol. The number of nitrogens with one attached hydrogen (secondary N) is 1. The van der Waals surface area contributed by atoms with E-state index in [1.807, 2.05) is 24.3 Å². The van der Waals surface area contributed by atoms with Gasteiger partial charge in [-0.2, -0.15) is 0 Å². The van der Waals surface area contributed by atoms with Gasteiger partial charge in [0.2, 0.25) is 0 Å². The molecule has 0 spiro atoms. The molecule has 4 heteroatoms. The summed E-state index contributed by atoms with van der Waals surface area (Å²) in [5.74, 6) is 0.402. The number of aromatic hydroxyl groups is 1. The third-order valence-corrected chi connectivity index (χ3v) is 4.88. The minimum Gasteiger partial charge on any atom is -0.508 e. The molecule has 0 aliphatic heterocycles. The summed E-state index contributed by atoms with van der Waals surface area (Å²) in [4.78, 5) is 0. The van der Waals surface area contributed by atoms with Crippen molar-refractivity contribution in [3.8, 4) is 5.75 Å². The highest BCUT2D eigenvalue weighted by molar-refractivity contribution is 6.42. The molecule has 2 atom stereocenters. The lowest BCUT2D eigenvalue weighted by Crippen LogP contribution is -2.23. The van der Waals surface area contributed by atoms with E-state index in [0.717, 1.165) is 24.0 Å². The molecule has 1 aliphatic carbocycles. The molecule has 0 fully saturated rings. The van der Waals surface area contributed by atoms with Crippen LogP contribution in [0.2, 0.25) is 10.0 Å². The maximum Gasteiger partial charge on any atom is 0.119 e. The average Bonchev–Trinajstić information content (AvgIpc) is 2.86. The molecule has 0 aromatic heterocycles. The van der Waals surface area contributed by atoms with E-state index in [1.165, 1.54) is 5.56 Å². The first-order chi connectivity index (χ1) is 10.1. The molecule has 2 N–H and O–H groups in total. The topological polar surface area (TPSA) is 32.3 Å². The number of rotatable bonds is 3. The average molecular weight is 322 g/mol. The molecule has 0 bridgehead atoms. The monoisotopic (exact) mass is 321 g/mol. The molecule has 2 nitrogen and oxygen atoms in total. The third kappa shape index (κ3) is 2.89. The van der Waals surface area contributed by atoms with E-state index in [9.17, 15) is 5.11 Å². The second-order valence-corrected chi connectivity index (χ2v) is 6.31. The van der Waals surface area contributed by atoms with Gasteiger partial charge in [0.1, 0.15) is 5.75 Å². The van der Waals surface area contributed by atoms with Gasteiger partial charge in [-0.3, -0.25) is 0 Å². The Morgan fingerprint density at radius 1 is 1.19 bits per heavy atom. The van der Waals surface area contributed by atoms with E-state index in [2.05, 4.69) is 18.3 Å². The summed E-state index contributed by atoms with van der Waals surface area (Å²) in [5, 5.41) is 14.7. The Morgan fingerprint density at radius 2 is 2.00 bits per heavy atom. The number of phenolic OH excluding ortho intramolecular Hbond substituents is 1. The van der Waals surface area contributed by atoms with E-state index in [-0.39, 0.29) is 12.1 Å². The largest absolute Gasteiger partial charge is 0.508 e. The van der Waals surface area contributed by atoms with Gasteiger partial charge in [-0.1, -0.05) is 41.4 Å². The first kappa shape index (κ1) is 14.7. The zero-order chi connectivity index (χ0) is 15.0. The number of phenols is 1. The summed E-state index contributed by atoms with van der Waals surface area (Å²) in [5.41, 5.74) is 3.37. The van der Waals surface area contributed by atoms with Crippen molar-refractivity contribution in [2.24, 2.45) is 0 Å². The summed E-state index contributed by atoms with van der Waals surface area (Å²) >= 11 is 12.0. The molecule has 0 saturated heterocycles. The van der Waals surface area contributed by atoms with Crippen LogP contribution in [0, 0.1) is 0 Å². The lowest BCUT2D eigenvalue weighted by molar-refractivity contribution is 0.465. The summed E-state index contributed by atoms with van der Waals surface area (Å²) in [6.07, 6.45) is 1.91. The van der Waals surface area contributed by atoms with Crippen molar-refractivity contribution in [2.45, 2.75) is 31.8 Å². The van der Waals surface area contributed by atoms with Crippen molar-refractivity contribution >= 4 is 23.2 Å². The minimum absolute atomic E-state index is 0.165. The van der Waals surface area contributed by atoms with Crippen molar-refractivity contribution < 1.29 is 5.11 Å². The van der Waals surface area contributed by atoms with Crippen LogP contribution in [-0.4, -0.2) is 5.11 Å².